The first kappa shape index (κ1) is 35.0. The zero-order chi connectivity index (χ0) is 32.6. The zero-order valence-corrected chi connectivity index (χ0v) is 28.6. The summed E-state index contributed by atoms with van der Waals surface area (Å²) in [4.78, 5) is 28.7. The molecule has 0 bridgehead atoms. The van der Waals surface area contributed by atoms with Gasteiger partial charge in [0, 0.05) is 28.1 Å². The lowest BCUT2D eigenvalue weighted by Gasteiger charge is -2.33. The van der Waals surface area contributed by atoms with E-state index in [-0.39, 0.29) is 45.6 Å². The molecule has 0 aliphatic rings. The minimum atomic E-state index is -4.43. The standard InChI is InChI=1S/C31H37BrClN3O7S/c1-7-20(2)34-31(38)21(3)35(18-22-9-8-10-23(32)15-22)30(37)19-36(26-16-24(33)11-13-27(26)41-4)44(39,40)25-12-14-28(42-5)29(17-25)43-6/h8-17,20-21H,7,18-19H2,1-6H3,(H,34,38)/t20-,21-/m1/s1. The first-order valence-corrected chi connectivity index (χ1v) is 16.4. The second-order valence-corrected chi connectivity index (χ2v) is 13.2. The van der Waals surface area contributed by atoms with E-state index in [4.69, 9.17) is 25.8 Å². The fraction of sp³-hybridized carbons (Fsp3) is 0.355. The molecule has 0 spiro atoms. The summed E-state index contributed by atoms with van der Waals surface area (Å²) in [7, 11) is -0.222. The minimum absolute atomic E-state index is 0.0438. The van der Waals surface area contributed by atoms with E-state index in [1.165, 1.54) is 56.6 Å². The summed E-state index contributed by atoms with van der Waals surface area (Å²) in [6, 6.07) is 14.9. The van der Waals surface area contributed by atoms with Gasteiger partial charge in [-0.3, -0.25) is 13.9 Å². The molecule has 0 aliphatic heterocycles. The minimum Gasteiger partial charge on any atom is -0.495 e. The van der Waals surface area contributed by atoms with Gasteiger partial charge in [0.15, 0.2) is 11.5 Å². The number of benzene rings is 3. The molecule has 3 aromatic carbocycles. The lowest BCUT2D eigenvalue weighted by molar-refractivity contribution is -0.139. The Morgan fingerprint density at radius 2 is 1.59 bits per heavy atom. The lowest BCUT2D eigenvalue weighted by atomic mass is 10.1. The van der Waals surface area contributed by atoms with Gasteiger partial charge in [-0.05, 0) is 68.3 Å². The van der Waals surface area contributed by atoms with Crippen LogP contribution in [0.3, 0.4) is 0 Å². The first-order valence-electron chi connectivity index (χ1n) is 13.8. The maximum atomic E-state index is 14.3. The van der Waals surface area contributed by atoms with Gasteiger partial charge >= 0.3 is 0 Å². The molecule has 0 heterocycles. The van der Waals surface area contributed by atoms with Crippen LogP contribution in [0.15, 0.2) is 70.0 Å². The molecule has 0 saturated heterocycles. The lowest BCUT2D eigenvalue weighted by Crippen LogP contribution is -2.52. The molecule has 1 N–H and O–H groups in total. The van der Waals surface area contributed by atoms with Crippen molar-refractivity contribution in [1.29, 1.82) is 0 Å². The molecule has 2 amide bonds. The largest absolute Gasteiger partial charge is 0.495 e. The normalized spacial score (nSPS) is 12.5. The average Bonchev–Trinajstić information content (AvgIpc) is 3.01. The Hall–Kier alpha value is -3.48. The number of nitrogens with one attached hydrogen (secondary N) is 1. The van der Waals surface area contributed by atoms with Crippen LogP contribution in [0.25, 0.3) is 0 Å². The van der Waals surface area contributed by atoms with E-state index in [1.54, 1.807) is 13.0 Å². The number of nitrogens with zero attached hydrogens (tertiary/aromatic N) is 2. The molecule has 0 fully saturated rings. The van der Waals surface area contributed by atoms with Crippen molar-refractivity contribution in [2.75, 3.05) is 32.2 Å². The first-order chi connectivity index (χ1) is 20.9. The summed E-state index contributed by atoms with van der Waals surface area (Å²) in [6.45, 7) is 4.80. The van der Waals surface area contributed by atoms with Crippen LogP contribution in [0.2, 0.25) is 5.02 Å². The molecule has 3 rings (SSSR count). The van der Waals surface area contributed by atoms with Crippen molar-refractivity contribution in [1.82, 2.24) is 10.2 Å². The predicted octanol–water partition coefficient (Wildman–Crippen LogP) is 5.66. The topological polar surface area (TPSA) is 114 Å². The Labute approximate surface area is 272 Å². The van der Waals surface area contributed by atoms with Crippen molar-refractivity contribution in [3.05, 3.63) is 75.7 Å². The summed E-state index contributed by atoms with van der Waals surface area (Å²) in [5.41, 5.74) is 0.785. The quantitative estimate of drug-likeness (QED) is 0.230. The molecule has 3 aromatic rings. The van der Waals surface area contributed by atoms with Gasteiger partial charge in [0.25, 0.3) is 10.0 Å². The van der Waals surface area contributed by atoms with Crippen LogP contribution in [-0.2, 0) is 26.2 Å². The molecular weight excluding hydrogens is 674 g/mol. The molecule has 238 valence electrons. The number of carbonyl (C=O) groups is 2. The van der Waals surface area contributed by atoms with Crippen LogP contribution in [0.5, 0.6) is 17.2 Å². The number of anilines is 1. The Kier molecular flexibility index (Phi) is 12.3. The van der Waals surface area contributed by atoms with Crippen molar-refractivity contribution in [2.24, 2.45) is 0 Å². The Balaban J connectivity index is 2.15. The Morgan fingerprint density at radius 3 is 2.20 bits per heavy atom. The summed E-state index contributed by atoms with van der Waals surface area (Å²) in [6.07, 6.45) is 0.698. The van der Waals surface area contributed by atoms with E-state index in [0.29, 0.717) is 12.2 Å². The molecule has 44 heavy (non-hydrogen) atoms. The number of methoxy groups -OCH3 is 3. The van der Waals surface area contributed by atoms with Gasteiger partial charge in [-0.25, -0.2) is 8.42 Å². The highest BCUT2D eigenvalue weighted by Crippen LogP contribution is 2.37. The van der Waals surface area contributed by atoms with Crippen molar-refractivity contribution in [3.63, 3.8) is 0 Å². The molecule has 0 saturated carbocycles. The third-order valence-electron chi connectivity index (χ3n) is 7.04. The van der Waals surface area contributed by atoms with Crippen molar-refractivity contribution < 1.29 is 32.2 Å². The van der Waals surface area contributed by atoms with Gasteiger partial charge < -0.3 is 24.4 Å². The van der Waals surface area contributed by atoms with Gasteiger partial charge in [0.2, 0.25) is 11.8 Å². The molecule has 0 radical (unpaired) electrons. The highest BCUT2D eigenvalue weighted by Gasteiger charge is 2.34. The molecule has 0 aliphatic carbocycles. The molecule has 10 nitrogen and oxygen atoms in total. The van der Waals surface area contributed by atoms with Crippen LogP contribution in [-0.4, -0.2) is 65.1 Å². The van der Waals surface area contributed by atoms with E-state index in [2.05, 4.69) is 21.2 Å². The molecule has 0 aromatic heterocycles. The van der Waals surface area contributed by atoms with Crippen LogP contribution < -0.4 is 23.8 Å². The maximum Gasteiger partial charge on any atom is 0.265 e. The molecule has 0 unspecified atom stereocenters. The van der Waals surface area contributed by atoms with Crippen LogP contribution >= 0.6 is 27.5 Å². The van der Waals surface area contributed by atoms with Crippen molar-refractivity contribution in [2.45, 2.75) is 50.7 Å². The summed E-state index contributed by atoms with van der Waals surface area (Å²) >= 11 is 9.76. The Morgan fingerprint density at radius 1 is 0.932 bits per heavy atom. The number of rotatable bonds is 14. The highest BCUT2D eigenvalue weighted by atomic mass is 79.9. The number of ether oxygens (including phenoxy) is 3. The third-order valence-corrected chi connectivity index (χ3v) is 9.53. The SMILES string of the molecule is CC[C@@H](C)NC(=O)[C@@H](C)N(Cc1cccc(Br)c1)C(=O)CN(c1cc(Cl)ccc1OC)S(=O)(=O)c1ccc(OC)c(OC)c1. The van der Waals surface area contributed by atoms with Crippen molar-refractivity contribution >= 4 is 55.1 Å². The van der Waals surface area contributed by atoms with Crippen molar-refractivity contribution in [3.8, 4) is 17.2 Å². The summed E-state index contributed by atoms with van der Waals surface area (Å²) < 4.78 is 46.4. The number of amides is 2. The van der Waals surface area contributed by atoms with E-state index < -0.39 is 28.5 Å². The Bertz CT molecular complexity index is 1590. The smallest absolute Gasteiger partial charge is 0.265 e. The number of sulfonamides is 1. The molecule has 2 atom stereocenters. The summed E-state index contributed by atoms with van der Waals surface area (Å²) in [5, 5.41) is 3.14. The van der Waals surface area contributed by atoms with E-state index in [1.807, 2.05) is 38.1 Å². The highest BCUT2D eigenvalue weighted by molar-refractivity contribution is 9.10. The van der Waals surface area contributed by atoms with Gasteiger partial charge in [0.1, 0.15) is 18.3 Å². The third kappa shape index (κ3) is 8.36. The number of halogens is 2. The predicted molar refractivity (Wildman–Crippen MR) is 174 cm³/mol. The van der Waals surface area contributed by atoms with E-state index in [0.717, 1.165) is 14.3 Å². The fourth-order valence-corrected chi connectivity index (χ4v) is 6.40. The van der Waals surface area contributed by atoms with Crippen LogP contribution in [0.1, 0.15) is 32.8 Å². The molecule has 13 heteroatoms. The maximum absolute atomic E-state index is 14.3. The second-order valence-electron chi connectivity index (χ2n) is 9.99. The van der Waals surface area contributed by atoms with E-state index in [9.17, 15) is 18.0 Å². The average molecular weight is 711 g/mol. The van der Waals surface area contributed by atoms with Gasteiger partial charge in [-0.15, -0.1) is 0 Å². The van der Waals surface area contributed by atoms with Gasteiger partial charge in [0.05, 0.1) is 31.9 Å². The van der Waals surface area contributed by atoms with E-state index >= 15 is 0 Å². The van der Waals surface area contributed by atoms with Gasteiger partial charge in [-0.1, -0.05) is 46.6 Å². The monoisotopic (exact) mass is 709 g/mol. The number of hydrogen-bond acceptors (Lipinski definition) is 7. The number of hydrogen-bond donors (Lipinski definition) is 1. The van der Waals surface area contributed by atoms with Gasteiger partial charge in [-0.2, -0.15) is 0 Å². The molecular formula is C31H37BrClN3O7S. The number of carbonyl (C=O) groups excluding carboxylic acids is 2. The fourth-order valence-electron chi connectivity index (χ4n) is 4.36. The second kappa shape index (κ2) is 15.5. The van der Waals surface area contributed by atoms with Crippen LogP contribution in [0.4, 0.5) is 5.69 Å². The summed E-state index contributed by atoms with van der Waals surface area (Å²) in [5.74, 6) is -0.298. The zero-order valence-electron chi connectivity index (χ0n) is 25.5. The van der Waals surface area contributed by atoms with Crippen LogP contribution in [0, 0.1) is 0 Å².